The van der Waals surface area contributed by atoms with Crippen LogP contribution in [-0.2, 0) is 0 Å². The van der Waals surface area contributed by atoms with E-state index in [2.05, 4.69) is 62.4 Å². The molecule has 19 heavy (non-hydrogen) atoms. The average Bonchev–Trinajstić information content (AvgIpc) is 2.47. The quantitative estimate of drug-likeness (QED) is 0.754. The van der Waals surface area contributed by atoms with E-state index in [-0.39, 0.29) is 0 Å². The molecule has 0 bridgehead atoms. The molecule has 0 fully saturated rings. The van der Waals surface area contributed by atoms with Gasteiger partial charge in [0.15, 0.2) is 0 Å². The molecule has 0 saturated heterocycles. The molecule has 2 aromatic rings. The zero-order valence-electron chi connectivity index (χ0n) is 11.9. The summed E-state index contributed by atoms with van der Waals surface area (Å²) in [6.45, 7) is 3.30. The molecule has 0 saturated carbocycles. The highest BCUT2D eigenvalue weighted by Crippen LogP contribution is 2.20. The predicted octanol–water partition coefficient (Wildman–Crippen LogP) is 3.84. The van der Waals surface area contributed by atoms with E-state index in [4.69, 9.17) is 0 Å². The normalized spacial score (nSPS) is 11.9. The van der Waals surface area contributed by atoms with Gasteiger partial charge >= 0.3 is 0 Å². The van der Waals surface area contributed by atoms with Crippen molar-refractivity contribution in [1.29, 1.82) is 0 Å². The van der Waals surface area contributed by atoms with Crippen molar-refractivity contribution >= 4 is 17.8 Å². The van der Waals surface area contributed by atoms with Gasteiger partial charge in [0.1, 0.15) is 5.69 Å². The molecule has 0 N–H and O–H groups in total. The summed E-state index contributed by atoms with van der Waals surface area (Å²) in [6, 6.07) is 12.8. The zero-order chi connectivity index (χ0) is 13.7. The molecule has 0 spiro atoms. The summed E-state index contributed by atoms with van der Waals surface area (Å²) in [6.07, 6.45) is 7.86. The molecule has 0 aliphatic heterocycles. The van der Waals surface area contributed by atoms with Gasteiger partial charge in [0.05, 0.1) is 20.6 Å². The minimum Gasteiger partial charge on any atom is -0.296 e. The molecule has 0 unspecified atom stereocenters. The number of hydrogen-bond acceptors (Lipinski definition) is 1. The maximum Gasteiger partial charge on any atom is 0.132 e. The topological polar surface area (TPSA) is 12.9 Å². The minimum absolute atomic E-state index is 0.911. The van der Waals surface area contributed by atoms with E-state index >= 15 is 0 Å². The van der Waals surface area contributed by atoms with E-state index in [1.807, 2.05) is 24.5 Å². The summed E-state index contributed by atoms with van der Waals surface area (Å²) < 4.78 is 0.911. The van der Waals surface area contributed by atoms with Crippen molar-refractivity contribution in [3.8, 4) is 0 Å². The number of pyridine rings is 1. The molecular weight excluding hydrogens is 232 g/mol. The molecule has 0 amide bonds. The summed E-state index contributed by atoms with van der Waals surface area (Å²) in [5.74, 6) is 0. The molecule has 0 atom stereocenters. The maximum atomic E-state index is 4.01. The number of quaternary nitrogens is 1. The number of benzene rings is 1. The van der Waals surface area contributed by atoms with Crippen molar-refractivity contribution in [2.45, 2.75) is 6.92 Å². The van der Waals surface area contributed by atoms with Crippen LogP contribution in [0, 0.1) is 0 Å². The maximum absolute atomic E-state index is 4.01. The fourth-order valence-corrected chi connectivity index (χ4v) is 1.84. The second-order valence-electron chi connectivity index (χ2n) is 5.21. The fraction of sp³-hybridized carbons (Fsp3) is 0.235. The molecule has 2 nitrogen and oxygen atoms in total. The van der Waals surface area contributed by atoms with Crippen LogP contribution in [0.2, 0.25) is 0 Å². The molecule has 1 aromatic heterocycles. The van der Waals surface area contributed by atoms with Crippen molar-refractivity contribution in [2.24, 2.45) is 0 Å². The third kappa shape index (κ3) is 3.52. The van der Waals surface area contributed by atoms with Crippen molar-refractivity contribution in [2.75, 3.05) is 20.6 Å². The van der Waals surface area contributed by atoms with Crippen molar-refractivity contribution in [1.82, 2.24) is 9.47 Å². The fourth-order valence-electron chi connectivity index (χ4n) is 1.84. The van der Waals surface area contributed by atoms with Gasteiger partial charge in [0, 0.05) is 12.4 Å². The van der Waals surface area contributed by atoms with Gasteiger partial charge in [-0.1, -0.05) is 12.2 Å². The average molecular weight is 253 g/mol. The Balaban J connectivity index is 2.14. The first-order valence-corrected chi connectivity index (χ1v) is 6.63. The van der Waals surface area contributed by atoms with Gasteiger partial charge < -0.3 is 0 Å². The first kappa shape index (κ1) is 13.5. The van der Waals surface area contributed by atoms with Crippen LogP contribution in [0.1, 0.15) is 18.1 Å². The first-order chi connectivity index (χ1) is 9.12. The molecular formula is C17H21N2+. The second-order valence-corrected chi connectivity index (χ2v) is 5.21. The Labute approximate surface area is 115 Å². The summed E-state index contributed by atoms with van der Waals surface area (Å²) in [5, 5.41) is 0. The number of rotatable bonds is 4. The minimum atomic E-state index is 0.911. The van der Waals surface area contributed by atoms with E-state index in [0.717, 1.165) is 11.0 Å². The van der Waals surface area contributed by atoms with Crippen LogP contribution in [-0.4, -0.2) is 25.6 Å². The molecule has 98 valence electrons. The van der Waals surface area contributed by atoms with E-state index in [1.54, 1.807) is 0 Å². The molecule has 1 aromatic carbocycles. The lowest BCUT2D eigenvalue weighted by Crippen LogP contribution is -2.39. The smallest absolute Gasteiger partial charge is 0.132 e. The molecule has 2 rings (SSSR count). The lowest BCUT2D eigenvalue weighted by molar-refractivity contribution is 0.421. The Morgan fingerprint density at radius 2 is 1.42 bits per heavy atom. The van der Waals surface area contributed by atoms with Crippen LogP contribution in [0.15, 0.2) is 48.8 Å². The summed E-state index contributed by atoms with van der Waals surface area (Å²) >= 11 is 0. The molecule has 0 aliphatic rings. The highest BCUT2D eigenvalue weighted by Gasteiger charge is 2.14. The van der Waals surface area contributed by atoms with Crippen LogP contribution < -0.4 is 4.48 Å². The van der Waals surface area contributed by atoms with Gasteiger partial charge in [-0.2, -0.15) is 0 Å². The monoisotopic (exact) mass is 253 g/mol. The van der Waals surface area contributed by atoms with Gasteiger partial charge in [-0.15, -0.1) is 0 Å². The van der Waals surface area contributed by atoms with E-state index in [0.29, 0.717) is 0 Å². The number of hydrogen-bond donors (Lipinski definition) is 0. The Morgan fingerprint density at radius 3 is 1.95 bits per heavy atom. The lowest BCUT2D eigenvalue weighted by atomic mass is 10.1. The molecule has 0 aliphatic carbocycles. The Bertz CT molecular complexity index is 539. The van der Waals surface area contributed by atoms with Crippen molar-refractivity contribution < 1.29 is 0 Å². The van der Waals surface area contributed by atoms with Crippen LogP contribution in [0.25, 0.3) is 12.2 Å². The Hall–Kier alpha value is -1.93. The van der Waals surface area contributed by atoms with Crippen LogP contribution in [0.3, 0.4) is 0 Å². The van der Waals surface area contributed by atoms with Gasteiger partial charge in [0.2, 0.25) is 0 Å². The number of aromatic nitrogens is 1. The van der Waals surface area contributed by atoms with Crippen molar-refractivity contribution in [3.63, 3.8) is 0 Å². The van der Waals surface area contributed by atoms with Gasteiger partial charge in [-0.25, -0.2) is 0 Å². The van der Waals surface area contributed by atoms with E-state index in [1.165, 1.54) is 16.8 Å². The molecule has 0 radical (unpaired) electrons. The standard InChI is InChI=1S/C17H21N2/c1-4-19(2,3)17-9-7-15(8-10-17)5-6-16-11-13-18-14-12-16/h5-14H,4H2,1-3H3/q+1/b6-5+. The van der Waals surface area contributed by atoms with E-state index in [9.17, 15) is 0 Å². The lowest BCUT2D eigenvalue weighted by Gasteiger charge is -2.27. The predicted molar refractivity (Wildman–Crippen MR) is 83.8 cm³/mol. The molecule has 1 heterocycles. The highest BCUT2D eigenvalue weighted by molar-refractivity contribution is 5.70. The third-order valence-electron chi connectivity index (χ3n) is 3.56. The van der Waals surface area contributed by atoms with Gasteiger partial charge in [-0.05, 0) is 54.4 Å². The van der Waals surface area contributed by atoms with Crippen LogP contribution in [0.5, 0.6) is 0 Å². The van der Waals surface area contributed by atoms with E-state index < -0.39 is 0 Å². The summed E-state index contributed by atoms with van der Waals surface area (Å²) in [5.41, 5.74) is 3.73. The van der Waals surface area contributed by atoms with Gasteiger partial charge in [-0.3, -0.25) is 9.47 Å². The Morgan fingerprint density at radius 1 is 0.895 bits per heavy atom. The second kappa shape index (κ2) is 5.81. The SMILES string of the molecule is CC[N+](C)(C)c1ccc(/C=C/c2ccncc2)cc1. The third-order valence-corrected chi connectivity index (χ3v) is 3.56. The summed E-state index contributed by atoms with van der Waals surface area (Å²) in [4.78, 5) is 4.01. The molecule has 2 heteroatoms. The zero-order valence-corrected chi connectivity index (χ0v) is 11.9. The van der Waals surface area contributed by atoms with Gasteiger partial charge in [0.25, 0.3) is 0 Å². The highest BCUT2D eigenvalue weighted by atomic mass is 15.3. The Kier molecular flexibility index (Phi) is 4.13. The first-order valence-electron chi connectivity index (χ1n) is 6.63. The van der Waals surface area contributed by atoms with Crippen LogP contribution in [0.4, 0.5) is 5.69 Å². The number of nitrogens with zero attached hydrogens (tertiary/aromatic N) is 2. The van der Waals surface area contributed by atoms with Crippen LogP contribution >= 0.6 is 0 Å². The van der Waals surface area contributed by atoms with Crippen molar-refractivity contribution in [3.05, 3.63) is 59.9 Å². The summed E-state index contributed by atoms with van der Waals surface area (Å²) in [7, 11) is 4.45. The largest absolute Gasteiger partial charge is 0.296 e.